The van der Waals surface area contributed by atoms with Gasteiger partial charge in [-0.15, -0.1) is 0 Å². The summed E-state index contributed by atoms with van der Waals surface area (Å²) < 4.78 is 0. The van der Waals surface area contributed by atoms with Crippen molar-refractivity contribution in [2.45, 2.75) is 6.92 Å². The van der Waals surface area contributed by atoms with Crippen molar-refractivity contribution >= 4 is 11.6 Å². The van der Waals surface area contributed by atoms with Gasteiger partial charge in [-0.25, -0.2) is 0 Å². The fraction of sp³-hybridized carbons (Fsp3) is 0.0714. The number of amides is 1. The van der Waals surface area contributed by atoms with Crippen molar-refractivity contribution in [3.63, 3.8) is 0 Å². The predicted molar refractivity (Wildman–Crippen MR) is 70.4 cm³/mol. The molecule has 2 aromatic rings. The number of nitrogens with two attached hydrogens (primary N) is 1. The van der Waals surface area contributed by atoms with Crippen molar-refractivity contribution in [1.29, 1.82) is 0 Å². The van der Waals surface area contributed by atoms with Gasteiger partial charge in [-0.2, -0.15) is 0 Å². The van der Waals surface area contributed by atoms with Crippen molar-refractivity contribution in [2.75, 3.05) is 0 Å². The van der Waals surface area contributed by atoms with E-state index in [2.05, 4.69) is 5.73 Å². The van der Waals surface area contributed by atoms with E-state index >= 15 is 0 Å². The Morgan fingerprint density at radius 3 is 2.17 bits per heavy atom. The van der Waals surface area contributed by atoms with Gasteiger partial charge in [0, 0.05) is 17.2 Å². The fourth-order valence-corrected chi connectivity index (χ4v) is 1.26. The number of primary amides is 1. The van der Waals surface area contributed by atoms with Crippen LogP contribution in [0.5, 0.6) is 5.75 Å². The van der Waals surface area contributed by atoms with E-state index in [0.717, 1.165) is 11.3 Å². The summed E-state index contributed by atoms with van der Waals surface area (Å²) in [6, 6.07) is 13.9. The largest absolute Gasteiger partial charge is 0.508 e. The van der Waals surface area contributed by atoms with Gasteiger partial charge in [-0.3, -0.25) is 4.79 Å². The number of carbonyl (C=O) groups excluding carboxylic acids is 1. The van der Waals surface area contributed by atoms with Crippen molar-refractivity contribution in [1.82, 2.24) is 0 Å². The first kappa shape index (κ1) is 13.7. The van der Waals surface area contributed by atoms with Gasteiger partial charge < -0.3 is 16.6 Å². The minimum atomic E-state index is -0.379. The summed E-state index contributed by atoms with van der Waals surface area (Å²) in [7, 11) is 0. The summed E-state index contributed by atoms with van der Waals surface area (Å²) in [5, 5.41) is 8.90. The molecule has 0 radical (unpaired) electrons. The molecule has 0 saturated carbocycles. The molecule has 0 aromatic heterocycles. The van der Waals surface area contributed by atoms with Crippen LogP contribution in [0.2, 0.25) is 0 Å². The lowest BCUT2D eigenvalue weighted by molar-refractivity contribution is -0.255. The fourth-order valence-electron chi connectivity index (χ4n) is 1.26. The van der Waals surface area contributed by atoms with Gasteiger partial charge in [-0.05, 0) is 31.2 Å². The number of aromatic hydroxyl groups is 1. The Morgan fingerprint density at radius 1 is 1.17 bits per heavy atom. The minimum Gasteiger partial charge on any atom is -0.508 e. The Labute approximate surface area is 106 Å². The number of rotatable bonds is 1. The van der Waals surface area contributed by atoms with Gasteiger partial charge in [0.25, 0.3) is 0 Å². The zero-order chi connectivity index (χ0) is 13.5. The lowest BCUT2D eigenvalue weighted by atomic mass is 10.2. The van der Waals surface area contributed by atoms with E-state index < -0.39 is 0 Å². The molecule has 94 valence electrons. The van der Waals surface area contributed by atoms with Crippen molar-refractivity contribution in [3.05, 3.63) is 59.7 Å². The van der Waals surface area contributed by atoms with Crippen LogP contribution < -0.4 is 11.5 Å². The maximum Gasteiger partial charge on any atom is 0.248 e. The Balaban J connectivity index is 0.000000180. The van der Waals surface area contributed by atoms with E-state index in [1.54, 1.807) is 36.4 Å². The number of quaternary nitrogens is 1. The smallest absolute Gasteiger partial charge is 0.248 e. The monoisotopic (exact) mass is 245 g/mol. The molecule has 18 heavy (non-hydrogen) atoms. The van der Waals surface area contributed by atoms with E-state index in [0.29, 0.717) is 5.56 Å². The average molecular weight is 245 g/mol. The van der Waals surface area contributed by atoms with Crippen LogP contribution in [0.15, 0.2) is 48.5 Å². The predicted octanol–water partition coefficient (Wildman–Crippen LogP) is 1.36. The van der Waals surface area contributed by atoms with E-state index in [1.807, 2.05) is 19.1 Å². The number of carbonyl (C=O) groups is 1. The Morgan fingerprint density at radius 2 is 1.78 bits per heavy atom. The molecular weight excluding hydrogens is 228 g/mol. The third-order valence-corrected chi connectivity index (χ3v) is 2.39. The average Bonchev–Trinajstić information content (AvgIpc) is 2.36. The van der Waals surface area contributed by atoms with E-state index in [-0.39, 0.29) is 11.7 Å². The van der Waals surface area contributed by atoms with E-state index in [4.69, 9.17) is 10.8 Å². The van der Waals surface area contributed by atoms with Crippen LogP contribution in [0, 0.1) is 6.92 Å². The highest BCUT2D eigenvalue weighted by molar-refractivity contribution is 5.92. The maximum absolute atomic E-state index is 10.4. The molecule has 0 aliphatic carbocycles. The number of phenolic OH excluding ortho intramolecular Hbond substituents is 1. The highest BCUT2D eigenvalue weighted by atomic mass is 16.3. The quantitative estimate of drug-likeness (QED) is 0.708. The molecule has 0 fully saturated rings. The summed E-state index contributed by atoms with van der Waals surface area (Å²) in [5.74, 6) is -0.0961. The van der Waals surface area contributed by atoms with Gasteiger partial charge in [0.1, 0.15) is 11.4 Å². The third kappa shape index (κ3) is 4.27. The SMILES string of the molecule is Cc1ccc(O)cc1[NH3+].NC(=O)c1ccccc1. The summed E-state index contributed by atoms with van der Waals surface area (Å²) in [6.45, 7) is 1.96. The van der Waals surface area contributed by atoms with Crippen LogP contribution in [0.4, 0.5) is 5.69 Å². The lowest BCUT2D eigenvalue weighted by Gasteiger charge is -1.93. The van der Waals surface area contributed by atoms with Crippen LogP contribution in [0.3, 0.4) is 0 Å². The summed E-state index contributed by atoms with van der Waals surface area (Å²) >= 11 is 0. The summed E-state index contributed by atoms with van der Waals surface area (Å²) in [6.07, 6.45) is 0. The molecule has 0 saturated heterocycles. The molecule has 4 heteroatoms. The first-order chi connectivity index (χ1) is 8.50. The second kappa shape index (κ2) is 6.42. The summed E-state index contributed by atoms with van der Waals surface area (Å²) in [4.78, 5) is 10.4. The summed E-state index contributed by atoms with van der Waals surface area (Å²) in [5.41, 5.74) is 11.2. The number of hydrogen-bond donors (Lipinski definition) is 3. The molecule has 0 atom stereocenters. The molecule has 0 bridgehead atoms. The highest BCUT2D eigenvalue weighted by Gasteiger charge is 1.95. The molecule has 2 aromatic carbocycles. The van der Waals surface area contributed by atoms with E-state index in [1.165, 1.54) is 0 Å². The Kier molecular flexibility index (Phi) is 4.90. The Bertz CT molecular complexity index is 525. The van der Waals surface area contributed by atoms with Crippen LogP contribution in [0.25, 0.3) is 0 Å². The minimum absolute atomic E-state index is 0.283. The highest BCUT2D eigenvalue weighted by Crippen LogP contribution is 2.15. The molecule has 0 unspecified atom stereocenters. The molecular formula is C14H17N2O2+. The van der Waals surface area contributed by atoms with E-state index in [9.17, 15) is 4.79 Å². The number of benzene rings is 2. The van der Waals surface area contributed by atoms with Crippen molar-refractivity contribution in [3.8, 4) is 5.75 Å². The number of phenols is 1. The standard InChI is InChI=1S/C7H9NO.C7H7NO/c1-5-2-3-6(9)4-7(5)8;8-7(9)6-4-2-1-3-5-6/h2-4,9H,8H2,1H3;1-5H,(H2,8,9)/p+1. The van der Waals surface area contributed by atoms with Crippen LogP contribution in [-0.4, -0.2) is 11.0 Å². The molecule has 0 aliphatic rings. The zero-order valence-corrected chi connectivity index (χ0v) is 10.3. The van der Waals surface area contributed by atoms with Gasteiger partial charge in [0.05, 0.1) is 0 Å². The zero-order valence-electron chi connectivity index (χ0n) is 10.3. The third-order valence-electron chi connectivity index (χ3n) is 2.39. The lowest BCUT2D eigenvalue weighted by Crippen LogP contribution is -2.40. The van der Waals surface area contributed by atoms with Gasteiger partial charge >= 0.3 is 0 Å². The van der Waals surface area contributed by atoms with Crippen molar-refractivity contribution in [2.24, 2.45) is 5.73 Å². The van der Waals surface area contributed by atoms with Crippen LogP contribution in [-0.2, 0) is 0 Å². The molecule has 2 rings (SSSR count). The normalized spacial score (nSPS) is 9.22. The maximum atomic E-state index is 10.4. The molecule has 0 aliphatic heterocycles. The molecule has 1 amide bonds. The topological polar surface area (TPSA) is 91.0 Å². The van der Waals surface area contributed by atoms with Gasteiger partial charge in [0.15, 0.2) is 0 Å². The second-order valence-electron chi connectivity index (χ2n) is 3.84. The first-order valence-corrected chi connectivity index (χ1v) is 5.47. The van der Waals surface area contributed by atoms with Crippen molar-refractivity contribution < 1.29 is 15.6 Å². The Hall–Kier alpha value is -2.33. The van der Waals surface area contributed by atoms with Gasteiger partial charge in [-0.1, -0.05) is 18.2 Å². The molecule has 0 spiro atoms. The van der Waals surface area contributed by atoms with Gasteiger partial charge in [0.2, 0.25) is 5.91 Å². The number of hydrogen-bond acceptors (Lipinski definition) is 2. The number of aryl methyl sites for hydroxylation is 1. The molecule has 0 heterocycles. The van der Waals surface area contributed by atoms with Crippen LogP contribution >= 0.6 is 0 Å². The second-order valence-corrected chi connectivity index (χ2v) is 3.84. The molecule has 6 N–H and O–H groups in total. The van der Waals surface area contributed by atoms with Crippen LogP contribution in [0.1, 0.15) is 15.9 Å². The molecule has 4 nitrogen and oxygen atoms in total. The first-order valence-electron chi connectivity index (χ1n) is 5.47.